The van der Waals surface area contributed by atoms with Crippen LogP contribution in [0.2, 0.25) is 5.02 Å². The molecule has 6 nitrogen and oxygen atoms in total. The van der Waals surface area contributed by atoms with Gasteiger partial charge in [-0.05, 0) is 179 Å². The average Bonchev–Trinajstić information content (AvgIpc) is 2.02. The van der Waals surface area contributed by atoms with E-state index in [0.717, 1.165) is 93.3 Å². The number of aromatic nitrogens is 2. The molecule has 0 atom stereocenters. The van der Waals surface area contributed by atoms with Crippen molar-refractivity contribution >= 4 is 55.2 Å². The summed E-state index contributed by atoms with van der Waals surface area (Å²) in [7, 11) is 0. The van der Waals surface area contributed by atoms with Gasteiger partial charge in [-0.25, -0.2) is 8.78 Å². The molecule has 8 aromatic carbocycles. The van der Waals surface area contributed by atoms with Crippen molar-refractivity contribution in [3.63, 3.8) is 0 Å². The van der Waals surface area contributed by atoms with Gasteiger partial charge in [0, 0.05) is 50.2 Å². The Kier molecular flexibility index (Phi) is 16.6. The van der Waals surface area contributed by atoms with Crippen LogP contribution in [0.1, 0.15) is 155 Å². The van der Waals surface area contributed by atoms with Crippen LogP contribution in [-0.2, 0) is 36.5 Å². The normalized spacial score (nSPS) is 12.6. The number of nitrogens with zero attached hydrogens (tertiary/aromatic N) is 2. The van der Waals surface area contributed by atoms with Crippen molar-refractivity contribution < 1.29 is 28.5 Å². The smallest absolute Gasteiger partial charge is 0.147 e. The van der Waals surface area contributed by atoms with Crippen LogP contribution >= 0.6 is 11.6 Å². The van der Waals surface area contributed by atoms with Crippen molar-refractivity contribution in [2.45, 2.75) is 160 Å². The number of fused-ring (bicyclic) bond motifs is 6. The second-order valence-corrected chi connectivity index (χ2v) is 27.8. The number of ether oxygens (including phenoxy) is 2. The fraction of sp³-hybridized carbons (Fsp3) is 0.368. The van der Waals surface area contributed by atoms with Crippen LogP contribution in [0.25, 0.3) is 77.2 Å². The molecule has 2 N–H and O–H groups in total. The molecule has 0 amide bonds. The van der Waals surface area contributed by atoms with Crippen molar-refractivity contribution in [3.05, 3.63) is 177 Å². The summed E-state index contributed by atoms with van der Waals surface area (Å²) < 4.78 is 49.9. The Hall–Kier alpha value is -7.29. The maximum Gasteiger partial charge on any atom is 0.147 e. The van der Waals surface area contributed by atoms with Gasteiger partial charge >= 0.3 is 0 Å². The fourth-order valence-electron chi connectivity index (χ4n) is 13.7. The molecular weight excluding hydrogens is 1080 g/mol. The highest BCUT2D eigenvalue weighted by atomic mass is 35.5. The van der Waals surface area contributed by atoms with Gasteiger partial charge in [0.15, 0.2) is 0 Å². The zero-order chi connectivity index (χ0) is 61.2. The van der Waals surface area contributed by atoms with Gasteiger partial charge in [0.05, 0.1) is 51.7 Å². The van der Waals surface area contributed by atoms with Crippen molar-refractivity contribution in [2.75, 3.05) is 13.2 Å². The molecule has 10 rings (SSSR count). The third kappa shape index (κ3) is 12.0. The zero-order valence-electron chi connectivity index (χ0n) is 52.7. The second kappa shape index (κ2) is 23.2. The van der Waals surface area contributed by atoms with Crippen molar-refractivity contribution in [1.29, 1.82) is 0 Å². The van der Waals surface area contributed by atoms with E-state index in [1.54, 1.807) is 0 Å². The van der Waals surface area contributed by atoms with E-state index in [4.69, 9.17) is 21.1 Å². The molecule has 10 aromatic rings. The van der Waals surface area contributed by atoms with Gasteiger partial charge in [-0.15, -0.1) is 0 Å². The maximum absolute atomic E-state index is 16.1. The Morgan fingerprint density at radius 3 is 1.13 bits per heavy atom. The first-order chi connectivity index (χ1) is 40.1. The second-order valence-electron chi connectivity index (χ2n) is 27.4. The van der Waals surface area contributed by atoms with Gasteiger partial charge in [-0.1, -0.05) is 157 Å². The van der Waals surface area contributed by atoms with Gasteiger partial charge < -0.3 is 28.8 Å². The molecular formula is C76H85ClF2N2O4. The summed E-state index contributed by atoms with van der Waals surface area (Å²) >= 11 is 7.04. The number of halogens is 3. The van der Waals surface area contributed by atoms with Crippen LogP contribution in [-0.4, -0.2) is 32.6 Å². The van der Waals surface area contributed by atoms with Gasteiger partial charge in [0.1, 0.15) is 34.6 Å². The highest BCUT2D eigenvalue weighted by Gasteiger charge is 2.33. The number of aromatic hydroxyl groups is 2. The summed E-state index contributed by atoms with van der Waals surface area (Å²) in [6.45, 7) is 33.0. The van der Waals surface area contributed by atoms with E-state index < -0.39 is 17.0 Å². The average molecular weight is 1160 g/mol. The molecule has 2 aromatic heterocycles. The lowest BCUT2D eigenvalue weighted by molar-refractivity contribution is 0.247. The highest BCUT2D eigenvalue weighted by Crippen LogP contribution is 2.51. The van der Waals surface area contributed by atoms with E-state index in [1.807, 2.05) is 19.1 Å². The molecule has 0 unspecified atom stereocenters. The van der Waals surface area contributed by atoms with Crippen LogP contribution in [0.5, 0.6) is 23.0 Å². The molecule has 0 aliphatic rings. The minimum Gasteiger partial charge on any atom is -0.505 e. The number of aryl methyl sites for hydroxylation is 5. The summed E-state index contributed by atoms with van der Waals surface area (Å²) in [6.07, 6.45) is 5.37. The van der Waals surface area contributed by atoms with Crippen LogP contribution in [0.3, 0.4) is 0 Å². The Bertz CT molecular complexity index is 3810. The lowest BCUT2D eigenvalue weighted by Gasteiger charge is -2.34. The molecule has 0 spiro atoms. The van der Waals surface area contributed by atoms with E-state index in [2.05, 4.69) is 191 Å². The lowest BCUT2D eigenvalue weighted by Crippen LogP contribution is -2.25. The molecule has 2 heterocycles. The topological polar surface area (TPSA) is 68.8 Å². The number of phenolic OH excluding ortho intramolecular Hbond substituents is 2. The SMILES string of the molecule is CCc1ccc2c3ccc(CC)cc3n(-c3cc(C(C)(C)CC(C)(C)C)cc(-c4cc(F)cc(C)c4OCCCOc4c(Cl)cc(F)cc4-c4cc(C(C)(C)CC(C)(C)C)cc(-n5c6cc(CC)ccc6c6ccc(CC)cc65)c4O)c3O)c2c1. The first-order valence-corrected chi connectivity index (χ1v) is 30.9. The molecule has 444 valence electrons. The molecule has 0 aliphatic heterocycles. The monoisotopic (exact) mass is 1160 g/mol. The van der Waals surface area contributed by atoms with Crippen molar-refractivity contribution in [1.82, 2.24) is 9.13 Å². The Balaban J connectivity index is 1.05. The molecule has 9 heteroatoms. The number of phenols is 2. The number of hydrogen-bond acceptors (Lipinski definition) is 4. The van der Waals surface area contributed by atoms with E-state index in [1.165, 1.54) is 46.5 Å². The van der Waals surface area contributed by atoms with E-state index >= 15 is 8.78 Å². The van der Waals surface area contributed by atoms with Crippen molar-refractivity contribution in [2.24, 2.45) is 10.8 Å². The van der Waals surface area contributed by atoms with Crippen LogP contribution in [0.4, 0.5) is 8.78 Å². The minimum atomic E-state index is -0.570. The first-order valence-electron chi connectivity index (χ1n) is 30.6. The maximum atomic E-state index is 16.1. The van der Waals surface area contributed by atoms with E-state index in [9.17, 15) is 10.2 Å². The first kappa shape index (κ1) is 60.8. The van der Waals surface area contributed by atoms with E-state index in [-0.39, 0.29) is 51.7 Å². The van der Waals surface area contributed by atoms with Crippen LogP contribution < -0.4 is 9.47 Å². The van der Waals surface area contributed by atoms with Gasteiger partial charge in [0.2, 0.25) is 0 Å². The molecule has 85 heavy (non-hydrogen) atoms. The third-order valence-electron chi connectivity index (χ3n) is 17.2. The summed E-state index contributed by atoms with van der Waals surface area (Å²) in [5, 5.41) is 30.3. The minimum absolute atomic E-state index is 0.0152. The fourth-order valence-corrected chi connectivity index (χ4v) is 13.9. The Labute approximate surface area is 507 Å². The van der Waals surface area contributed by atoms with Crippen LogP contribution in [0.15, 0.2) is 121 Å². The number of benzene rings is 8. The Morgan fingerprint density at radius 1 is 0.435 bits per heavy atom. The highest BCUT2D eigenvalue weighted by molar-refractivity contribution is 6.32. The van der Waals surface area contributed by atoms with Gasteiger partial charge in [-0.3, -0.25) is 0 Å². The lowest BCUT2D eigenvalue weighted by atomic mass is 9.71. The summed E-state index contributed by atoms with van der Waals surface area (Å²) in [5.41, 5.74) is 13.1. The number of rotatable bonds is 18. The molecule has 0 saturated heterocycles. The molecule has 0 radical (unpaired) electrons. The third-order valence-corrected chi connectivity index (χ3v) is 17.5. The molecule has 0 bridgehead atoms. The predicted molar refractivity (Wildman–Crippen MR) is 353 cm³/mol. The molecule has 0 fully saturated rings. The summed E-state index contributed by atoms with van der Waals surface area (Å²) in [5.74, 6) is -0.371. The quantitative estimate of drug-likeness (QED) is 0.0840. The standard InChI is InChI=1S/C76H85ClF2N2O4/c1-16-46-21-25-54-55-26-22-47(17-2)33-64(55)80(63(54)32-46)67-38-50(75(12,13)43-73(6,7)8)36-58(69(67)82)60-40-52(78)31-45(5)71(60)84-29-20-30-85-72-61(41-53(79)42-62(72)77)59-37-51(76(14,15)44-74(9,10)11)39-68(70(59)83)81-65-34-48(18-3)23-27-56(65)57-28-24-49(19-4)35-66(57)81/h21-28,31-42,82-83H,16-20,29-30,43-44H2,1-15H3. The molecule has 0 saturated carbocycles. The largest absolute Gasteiger partial charge is 0.505 e. The predicted octanol–water partition coefficient (Wildman–Crippen LogP) is 21.4. The van der Waals surface area contributed by atoms with Gasteiger partial charge in [0.25, 0.3) is 0 Å². The summed E-state index contributed by atoms with van der Waals surface area (Å²) in [6, 6.07) is 40.0. The molecule has 0 aliphatic carbocycles. The van der Waals surface area contributed by atoms with Gasteiger partial charge in [-0.2, -0.15) is 0 Å². The van der Waals surface area contributed by atoms with Crippen molar-refractivity contribution in [3.8, 4) is 56.6 Å². The Morgan fingerprint density at radius 2 is 0.776 bits per heavy atom. The zero-order valence-corrected chi connectivity index (χ0v) is 53.4. The summed E-state index contributed by atoms with van der Waals surface area (Å²) in [4.78, 5) is 0. The van der Waals surface area contributed by atoms with Crippen LogP contribution in [0, 0.1) is 29.4 Å². The number of hydrogen-bond donors (Lipinski definition) is 2. The van der Waals surface area contributed by atoms with E-state index in [0.29, 0.717) is 51.4 Å².